The summed E-state index contributed by atoms with van der Waals surface area (Å²) >= 11 is 13.7. The first kappa shape index (κ1) is 16.0. The molecule has 0 aromatic heterocycles. The van der Waals surface area contributed by atoms with Gasteiger partial charge in [0.1, 0.15) is 0 Å². The highest BCUT2D eigenvalue weighted by Gasteiger charge is 2.15. The number of hydrogen-bond donors (Lipinski definition) is 2. The van der Waals surface area contributed by atoms with E-state index >= 15 is 0 Å². The fraction of sp³-hybridized carbons (Fsp3) is 0.364. The second-order valence-corrected chi connectivity index (χ2v) is 5.49. The van der Waals surface area contributed by atoms with Gasteiger partial charge in [0, 0.05) is 22.2 Å². The van der Waals surface area contributed by atoms with Gasteiger partial charge in [-0.1, -0.05) is 23.2 Å². The largest absolute Gasteiger partial charge is 0.389 e. The molecule has 0 aliphatic carbocycles. The molecule has 0 radical (unpaired) electrons. The molecule has 7 heteroatoms. The normalized spacial score (nSPS) is 12.3. The van der Waals surface area contributed by atoms with E-state index in [1.807, 2.05) is 22.6 Å². The van der Waals surface area contributed by atoms with Crippen LogP contribution in [0.15, 0.2) is 12.1 Å². The van der Waals surface area contributed by atoms with Crippen LogP contribution in [-0.2, 0) is 4.74 Å². The first-order valence-electron chi connectivity index (χ1n) is 5.05. The van der Waals surface area contributed by atoms with Gasteiger partial charge in [-0.05, 0) is 34.7 Å². The van der Waals surface area contributed by atoms with E-state index in [4.69, 9.17) is 27.9 Å². The Hall–Kier alpha value is -0.0800. The van der Waals surface area contributed by atoms with Crippen LogP contribution in [0.4, 0.5) is 0 Å². The third-order valence-electron chi connectivity index (χ3n) is 2.09. The Morgan fingerprint density at radius 3 is 2.83 bits per heavy atom. The quantitative estimate of drug-likeness (QED) is 0.586. The smallest absolute Gasteiger partial charge is 0.252 e. The number of nitrogens with one attached hydrogen (secondary N) is 1. The molecule has 1 atom stereocenters. The summed E-state index contributed by atoms with van der Waals surface area (Å²) in [5.41, 5.74) is 0.387. The number of methoxy groups -OCH3 is 1. The first-order chi connectivity index (χ1) is 8.45. The van der Waals surface area contributed by atoms with Crippen molar-refractivity contribution in [1.82, 2.24) is 5.32 Å². The molecule has 2 N–H and O–H groups in total. The highest BCUT2D eigenvalue weighted by molar-refractivity contribution is 14.1. The lowest BCUT2D eigenvalue weighted by Gasteiger charge is -2.12. The van der Waals surface area contributed by atoms with E-state index in [1.54, 1.807) is 6.07 Å². The lowest BCUT2D eigenvalue weighted by atomic mass is 10.2. The van der Waals surface area contributed by atoms with E-state index in [0.717, 1.165) is 0 Å². The van der Waals surface area contributed by atoms with Crippen molar-refractivity contribution in [3.63, 3.8) is 0 Å². The lowest BCUT2D eigenvalue weighted by molar-refractivity contribution is 0.0609. The van der Waals surface area contributed by atoms with Crippen molar-refractivity contribution in [3.8, 4) is 0 Å². The zero-order chi connectivity index (χ0) is 13.7. The van der Waals surface area contributed by atoms with Crippen LogP contribution < -0.4 is 5.32 Å². The molecule has 0 bridgehead atoms. The number of halogens is 3. The highest BCUT2D eigenvalue weighted by Crippen LogP contribution is 2.26. The Balaban J connectivity index is 2.73. The van der Waals surface area contributed by atoms with Gasteiger partial charge >= 0.3 is 0 Å². The molecular formula is C11H12Cl2INO3. The van der Waals surface area contributed by atoms with Gasteiger partial charge < -0.3 is 15.2 Å². The minimum absolute atomic E-state index is 0.104. The monoisotopic (exact) mass is 403 g/mol. The van der Waals surface area contributed by atoms with Crippen LogP contribution in [0, 0.1) is 3.57 Å². The van der Waals surface area contributed by atoms with E-state index in [0.29, 0.717) is 19.2 Å². The molecule has 0 aliphatic heterocycles. The Kier molecular flexibility index (Phi) is 6.65. The number of benzene rings is 1. The summed E-state index contributed by atoms with van der Waals surface area (Å²) in [4.78, 5) is 11.9. The van der Waals surface area contributed by atoms with Gasteiger partial charge in [-0.15, -0.1) is 0 Å². The summed E-state index contributed by atoms with van der Waals surface area (Å²) < 4.78 is 5.38. The maximum atomic E-state index is 11.9. The number of hydrogen-bond acceptors (Lipinski definition) is 3. The van der Waals surface area contributed by atoms with Crippen LogP contribution in [0.2, 0.25) is 10.0 Å². The fourth-order valence-electron chi connectivity index (χ4n) is 1.28. The minimum atomic E-state index is -0.744. The molecule has 1 aromatic rings. The van der Waals surface area contributed by atoms with Crippen LogP contribution in [0.3, 0.4) is 0 Å². The molecular weight excluding hydrogens is 392 g/mol. The van der Waals surface area contributed by atoms with Crippen molar-refractivity contribution in [3.05, 3.63) is 31.3 Å². The number of amides is 1. The molecule has 0 aliphatic rings. The average Bonchev–Trinajstić information content (AvgIpc) is 2.31. The molecule has 0 saturated heterocycles. The summed E-state index contributed by atoms with van der Waals surface area (Å²) in [6.07, 6.45) is -0.744. The van der Waals surface area contributed by atoms with Crippen LogP contribution in [0.25, 0.3) is 0 Å². The molecule has 0 heterocycles. The molecule has 0 spiro atoms. The van der Waals surface area contributed by atoms with Crippen LogP contribution in [0.5, 0.6) is 0 Å². The zero-order valence-electron chi connectivity index (χ0n) is 9.54. The van der Waals surface area contributed by atoms with E-state index < -0.39 is 6.10 Å². The van der Waals surface area contributed by atoms with E-state index in [-0.39, 0.29) is 19.1 Å². The maximum Gasteiger partial charge on any atom is 0.252 e. The van der Waals surface area contributed by atoms with Crippen LogP contribution in [0.1, 0.15) is 10.4 Å². The molecule has 1 rings (SSSR count). The third kappa shape index (κ3) is 4.55. The number of carbonyl (C=O) groups is 1. The Bertz CT molecular complexity index is 443. The average molecular weight is 404 g/mol. The topological polar surface area (TPSA) is 58.6 Å². The van der Waals surface area contributed by atoms with Crippen molar-refractivity contribution in [2.24, 2.45) is 0 Å². The lowest BCUT2D eigenvalue weighted by Crippen LogP contribution is -2.34. The van der Waals surface area contributed by atoms with Gasteiger partial charge in [0.2, 0.25) is 0 Å². The number of aliphatic hydroxyl groups excluding tert-OH is 1. The van der Waals surface area contributed by atoms with Gasteiger partial charge in [0.25, 0.3) is 5.91 Å². The first-order valence-corrected chi connectivity index (χ1v) is 6.89. The predicted octanol–water partition coefficient (Wildman–Crippen LogP) is 2.34. The molecule has 0 fully saturated rings. The van der Waals surface area contributed by atoms with Gasteiger partial charge in [-0.25, -0.2) is 0 Å². The number of rotatable bonds is 5. The van der Waals surface area contributed by atoms with Gasteiger partial charge in [-0.3, -0.25) is 4.79 Å². The minimum Gasteiger partial charge on any atom is -0.389 e. The molecule has 100 valence electrons. The van der Waals surface area contributed by atoms with Crippen LogP contribution in [-0.4, -0.2) is 37.4 Å². The van der Waals surface area contributed by atoms with Gasteiger partial charge in [-0.2, -0.15) is 0 Å². The standard InChI is InChI=1S/C11H12Cl2INO3/c1-18-5-7(16)4-15-11(17)8-2-6(12)3-9(13)10(8)14/h2-3,7,16H,4-5H2,1H3,(H,15,17). The molecule has 0 saturated carbocycles. The van der Waals surface area contributed by atoms with Crippen LogP contribution >= 0.6 is 45.8 Å². The second kappa shape index (κ2) is 7.49. The third-order valence-corrected chi connectivity index (χ3v) is 4.09. The summed E-state index contributed by atoms with van der Waals surface area (Å²) in [6, 6.07) is 3.11. The van der Waals surface area contributed by atoms with Crippen molar-refractivity contribution in [2.75, 3.05) is 20.3 Å². The predicted molar refractivity (Wildman–Crippen MR) is 79.4 cm³/mol. The summed E-state index contributed by atoms with van der Waals surface area (Å²) in [7, 11) is 1.48. The molecule has 18 heavy (non-hydrogen) atoms. The van der Waals surface area contributed by atoms with Gasteiger partial charge in [0.15, 0.2) is 0 Å². The van der Waals surface area contributed by atoms with Crippen molar-refractivity contribution in [1.29, 1.82) is 0 Å². The number of ether oxygens (including phenoxy) is 1. The van der Waals surface area contributed by atoms with E-state index in [2.05, 4.69) is 5.32 Å². The highest BCUT2D eigenvalue weighted by atomic mass is 127. The molecule has 1 aromatic carbocycles. The summed E-state index contributed by atoms with van der Waals surface area (Å²) in [6.45, 7) is 0.264. The Labute approximate surface area is 129 Å². The zero-order valence-corrected chi connectivity index (χ0v) is 13.2. The number of aliphatic hydroxyl groups is 1. The summed E-state index contributed by atoms with van der Waals surface area (Å²) in [5, 5.41) is 12.8. The maximum absolute atomic E-state index is 11.9. The molecule has 1 unspecified atom stereocenters. The second-order valence-electron chi connectivity index (χ2n) is 3.57. The Morgan fingerprint density at radius 2 is 2.22 bits per heavy atom. The Morgan fingerprint density at radius 1 is 1.56 bits per heavy atom. The van der Waals surface area contributed by atoms with E-state index in [1.165, 1.54) is 13.2 Å². The van der Waals surface area contributed by atoms with Crippen molar-refractivity contribution < 1.29 is 14.6 Å². The van der Waals surface area contributed by atoms with Crippen molar-refractivity contribution >= 4 is 51.7 Å². The van der Waals surface area contributed by atoms with Crippen molar-refractivity contribution in [2.45, 2.75) is 6.10 Å². The number of carbonyl (C=O) groups excluding carboxylic acids is 1. The fourth-order valence-corrected chi connectivity index (χ4v) is 2.33. The summed E-state index contributed by atoms with van der Waals surface area (Å²) in [5.74, 6) is -0.334. The van der Waals surface area contributed by atoms with Gasteiger partial charge in [0.05, 0.1) is 23.3 Å². The van der Waals surface area contributed by atoms with E-state index in [9.17, 15) is 9.90 Å². The molecule has 1 amide bonds. The molecule has 4 nitrogen and oxygen atoms in total. The SMILES string of the molecule is COCC(O)CNC(=O)c1cc(Cl)cc(Cl)c1I.